The Kier molecular flexibility index (Phi) is 5.01. The van der Waals surface area contributed by atoms with Gasteiger partial charge in [0.15, 0.2) is 0 Å². The molecule has 2 aromatic rings. The number of pyridine rings is 1. The van der Waals surface area contributed by atoms with Gasteiger partial charge < -0.3 is 5.32 Å². The minimum Gasteiger partial charge on any atom is -0.349 e. The predicted molar refractivity (Wildman–Crippen MR) is 88.9 cm³/mol. The van der Waals surface area contributed by atoms with Crippen molar-refractivity contribution in [3.8, 4) is 0 Å². The lowest BCUT2D eigenvalue weighted by molar-refractivity contribution is 0.0889. The normalized spacial score (nSPS) is 19.9. The van der Waals surface area contributed by atoms with Crippen molar-refractivity contribution in [2.75, 3.05) is 0 Å². The van der Waals surface area contributed by atoms with Crippen LogP contribution in [0.4, 0.5) is 8.78 Å². The molecule has 1 aliphatic rings. The highest BCUT2D eigenvalue weighted by atomic mass is 35.5. The van der Waals surface area contributed by atoms with Crippen LogP contribution in [0.3, 0.4) is 0 Å². The van der Waals surface area contributed by atoms with Gasteiger partial charge in [0.25, 0.3) is 12.3 Å². The van der Waals surface area contributed by atoms with E-state index >= 15 is 0 Å². The monoisotopic (exact) mass is 370 g/mol. The maximum atomic E-state index is 13.0. The van der Waals surface area contributed by atoms with Gasteiger partial charge in [0, 0.05) is 28.2 Å². The second-order valence-corrected chi connectivity index (χ2v) is 6.51. The molecule has 1 aromatic heterocycles. The van der Waals surface area contributed by atoms with E-state index in [0.717, 1.165) is 18.4 Å². The number of halogens is 4. The van der Waals surface area contributed by atoms with Crippen molar-refractivity contribution in [1.82, 2.24) is 10.3 Å². The van der Waals surface area contributed by atoms with Crippen LogP contribution >= 0.6 is 23.2 Å². The molecular formula is C17H14Cl2F2N2O. The van der Waals surface area contributed by atoms with Gasteiger partial charge in [-0.3, -0.25) is 9.78 Å². The highest BCUT2D eigenvalue weighted by Crippen LogP contribution is 2.41. The Bertz CT molecular complexity index is 770. The van der Waals surface area contributed by atoms with Gasteiger partial charge in [0.1, 0.15) is 5.69 Å². The molecule has 1 aliphatic carbocycles. The second-order valence-electron chi connectivity index (χ2n) is 5.67. The van der Waals surface area contributed by atoms with Gasteiger partial charge in [-0.25, -0.2) is 8.78 Å². The Hall–Kier alpha value is -1.72. The molecule has 24 heavy (non-hydrogen) atoms. The second kappa shape index (κ2) is 7.03. The summed E-state index contributed by atoms with van der Waals surface area (Å²) in [4.78, 5) is 16.0. The number of hydrogen-bond donors (Lipinski definition) is 1. The van der Waals surface area contributed by atoms with Gasteiger partial charge in [0.05, 0.1) is 5.56 Å². The number of rotatable bonds is 4. The Morgan fingerprint density at radius 1 is 1.25 bits per heavy atom. The van der Waals surface area contributed by atoms with Crippen molar-refractivity contribution in [3.05, 3.63) is 63.4 Å². The van der Waals surface area contributed by atoms with Crippen LogP contribution in [-0.2, 0) is 0 Å². The zero-order chi connectivity index (χ0) is 17.3. The molecule has 1 heterocycles. The highest BCUT2D eigenvalue weighted by Gasteiger charge is 2.35. The smallest absolute Gasteiger partial charge is 0.281 e. The first-order valence-electron chi connectivity index (χ1n) is 7.46. The summed E-state index contributed by atoms with van der Waals surface area (Å²) < 4.78 is 26.0. The fraction of sp³-hybridized carbons (Fsp3) is 0.294. The van der Waals surface area contributed by atoms with Crippen molar-refractivity contribution >= 4 is 29.1 Å². The quantitative estimate of drug-likeness (QED) is 0.822. The van der Waals surface area contributed by atoms with Gasteiger partial charge in [-0.1, -0.05) is 29.3 Å². The Balaban J connectivity index is 1.76. The molecule has 0 bridgehead atoms. The van der Waals surface area contributed by atoms with E-state index in [1.807, 2.05) is 6.07 Å². The molecule has 1 N–H and O–H groups in total. The molecular weight excluding hydrogens is 357 g/mol. The molecule has 1 saturated carbocycles. The summed E-state index contributed by atoms with van der Waals surface area (Å²) in [6.45, 7) is 0. The van der Waals surface area contributed by atoms with E-state index in [1.165, 1.54) is 18.3 Å². The summed E-state index contributed by atoms with van der Waals surface area (Å²) in [7, 11) is 0. The van der Waals surface area contributed by atoms with E-state index < -0.39 is 18.0 Å². The van der Waals surface area contributed by atoms with E-state index in [-0.39, 0.29) is 17.5 Å². The Morgan fingerprint density at radius 2 is 2.04 bits per heavy atom. The third kappa shape index (κ3) is 3.37. The highest BCUT2D eigenvalue weighted by molar-refractivity contribution is 6.35. The molecule has 0 saturated heterocycles. The molecule has 1 amide bonds. The summed E-state index contributed by atoms with van der Waals surface area (Å²) in [5.74, 6) is -0.497. The molecule has 1 fully saturated rings. The van der Waals surface area contributed by atoms with Gasteiger partial charge in [-0.15, -0.1) is 0 Å². The predicted octanol–water partition coefficient (Wildman–Crippen LogP) is 5.00. The molecule has 1 aromatic carbocycles. The van der Waals surface area contributed by atoms with E-state index in [1.54, 1.807) is 12.1 Å². The average molecular weight is 371 g/mol. The van der Waals surface area contributed by atoms with Crippen LogP contribution in [0.5, 0.6) is 0 Å². The molecule has 2 atom stereocenters. The van der Waals surface area contributed by atoms with Crippen molar-refractivity contribution in [1.29, 1.82) is 0 Å². The van der Waals surface area contributed by atoms with E-state index in [0.29, 0.717) is 10.0 Å². The lowest BCUT2D eigenvalue weighted by atomic mass is 9.75. The number of benzene rings is 1. The molecule has 0 unspecified atom stereocenters. The first kappa shape index (κ1) is 17.1. The van der Waals surface area contributed by atoms with Crippen LogP contribution < -0.4 is 5.32 Å². The Labute approximate surface area is 148 Å². The minimum atomic E-state index is -2.80. The van der Waals surface area contributed by atoms with E-state index in [4.69, 9.17) is 23.2 Å². The fourth-order valence-corrected chi connectivity index (χ4v) is 3.43. The van der Waals surface area contributed by atoms with E-state index in [2.05, 4.69) is 10.3 Å². The third-order valence-electron chi connectivity index (χ3n) is 4.24. The lowest BCUT2D eigenvalue weighted by Crippen LogP contribution is -2.45. The van der Waals surface area contributed by atoms with Crippen LogP contribution in [0.15, 0.2) is 36.5 Å². The average Bonchev–Trinajstić information content (AvgIpc) is 2.53. The van der Waals surface area contributed by atoms with Crippen LogP contribution in [0.25, 0.3) is 0 Å². The number of hydrogen-bond acceptors (Lipinski definition) is 2. The SMILES string of the molecule is O=C(N[C@H]1CC[C@H]1c1ccc(Cl)cc1Cl)c1cccnc1C(F)F. The molecule has 0 radical (unpaired) electrons. The molecule has 3 nitrogen and oxygen atoms in total. The van der Waals surface area contributed by atoms with E-state index in [9.17, 15) is 13.6 Å². The van der Waals surface area contributed by atoms with Crippen LogP contribution in [0.2, 0.25) is 10.0 Å². The number of nitrogens with zero attached hydrogens (tertiary/aromatic N) is 1. The lowest BCUT2D eigenvalue weighted by Gasteiger charge is -2.38. The standard InChI is InChI=1S/C17H14Cl2F2N2O/c18-9-3-4-10(13(19)8-9)11-5-6-14(11)23-17(24)12-2-1-7-22-15(12)16(20)21/h1-4,7-8,11,14,16H,5-6H2,(H,23,24)/t11-,14-/m0/s1. The number of alkyl halides is 2. The molecule has 3 rings (SSSR count). The largest absolute Gasteiger partial charge is 0.349 e. The fourth-order valence-electron chi connectivity index (χ4n) is 2.88. The topological polar surface area (TPSA) is 42.0 Å². The number of nitrogens with one attached hydrogen (secondary N) is 1. The summed E-state index contributed by atoms with van der Waals surface area (Å²) in [5.41, 5.74) is 0.300. The summed E-state index contributed by atoms with van der Waals surface area (Å²) >= 11 is 12.1. The van der Waals surface area contributed by atoms with Crippen molar-refractivity contribution < 1.29 is 13.6 Å². The first-order chi connectivity index (χ1) is 11.5. The molecule has 0 aliphatic heterocycles. The zero-order valence-corrected chi connectivity index (χ0v) is 14.0. The van der Waals surface area contributed by atoms with Crippen molar-refractivity contribution in [3.63, 3.8) is 0 Å². The van der Waals surface area contributed by atoms with Crippen LogP contribution in [0, 0.1) is 0 Å². The number of carbonyl (C=O) groups is 1. The summed E-state index contributed by atoms with van der Waals surface area (Å²) in [6, 6.07) is 7.91. The van der Waals surface area contributed by atoms with Gasteiger partial charge >= 0.3 is 0 Å². The molecule has 0 spiro atoms. The van der Waals surface area contributed by atoms with Gasteiger partial charge in [-0.2, -0.15) is 0 Å². The zero-order valence-electron chi connectivity index (χ0n) is 12.5. The van der Waals surface area contributed by atoms with Gasteiger partial charge in [-0.05, 0) is 42.7 Å². The number of amides is 1. The number of aromatic nitrogens is 1. The van der Waals surface area contributed by atoms with Crippen molar-refractivity contribution in [2.45, 2.75) is 31.2 Å². The van der Waals surface area contributed by atoms with Crippen LogP contribution in [0.1, 0.15) is 46.8 Å². The minimum absolute atomic E-state index is 0.0467. The summed E-state index contributed by atoms with van der Waals surface area (Å²) in [6.07, 6.45) is 0.0772. The van der Waals surface area contributed by atoms with Crippen LogP contribution in [-0.4, -0.2) is 16.9 Å². The molecule has 126 valence electrons. The maximum absolute atomic E-state index is 13.0. The Morgan fingerprint density at radius 3 is 2.67 bits per heavy atom. The first-order valence-corrected chi connectivity index (χ1v) is 8.22. The molecule has 7 heteroatoms. The maximum Gasteiger partial charge on any atom is 0.281 e. The third-order valence-corrected chi connectivity index (χ3v) is 4.81. The van der Waals surface area contributed by atoms with Crippen molar-refractivity contribution in [2.24, 2.45) is 0 Å². The van der Waals surface area contributed by atoms with Gasteiger partial charge in [0.2, 0.25) is 0 Å². The summed E-state index contributed by atoms with van der Waals surface area (Å²) in [5, 5.41) is 3.90. The number of carbonyl (C=O) groups excluding carboxylic acids is 1.